The van der Waals surface area contributed by atoms with E-state index in [-0.39, 0.29) is 4.90 Å². The summed E-state index contributed by atoms with van der Waals surface area (Å²) < 4.78 is 24.2. The smallest absolute Gasteiger partial charge is 0.238 e. The molecule has 0 unspecified atom stereocenters. The van der Waals surface area contributed by atoms with Crippen LogP contribution >= 0.6 is 11.3 Å². The van der Waals surface area contributed by atoms with Crippen molar-refractivity contribution in [3.05, 3.63) is 95.7 Å². The first-order valence-electron chi connectivity index (χ1n) is 11.3. The number of primary sulfonamides is 1. The van der Waals surface area contributed by atoms with Crippen molar-refractivity contribution in [2.24, 2.45) is 5.14 Å². The highest BCUT2D eigenvalue weighted by molar-refractivity contribution is 7.89. The highest BCUT2D eigenvalue weighted by Gasteiger charge is 2.11. The van der Waals surface area contributed by atoms with Crippen molar-refractivity contribution < 1.29 is 8.42 Å². The molecule has 0 fully saturated rings. The van der Waals surface area contributed by atoms with E-state index in [9.17, 15) is 8.42 Å². The van der Waals surface area contributed by atoms with Gasteiger partial charge in [-0.15, -0.1) is 0 Å². The van der Waals surface area contributed by atoms with Crippen LogP contribution in [0.25, 0.3) is 10.2 Å². The summed E-state index contributed by atoms with van der Waals surface area (Å²) in [5.41, 5.74) is 4.78. The predicted molar refractivity (Wildman–Crippen MR) is 145 cm³/mol. The lowest BCUT2D eigenvalue weighted by Gasteiger charge is -2.11. The van der Waals surface area contributed by atoms with E-state index in [0.29, 0.717) is 23.9 Å². The first kappa shape index (κ1) is 23.9. The summed E-state index contributed by atoms with van der Waals surface area (Å²) in [6.45, 7) is 2.13. The number of aromatic nitrogens is 3. The van der Waals surface area contributed by atoms with Crippen LogP contribution in [-0.4, -0.2) is 23.4 Å². The number of sulfonamides is 1. The summed E-state index contributed by atoms with van der Waals surface area (Å²) in [6, 6.07) is 24.4. The van der Waals surface area contributed by atoms with E-state index in [2.05, 4.69) is 39.7 Å². The molecule has 0 saturated carbocycles. The maximum Gasteiger partial charge on any atom is 0.238 e. The van der Waals surface area contributed by atoms with Gasteiger partial charge in [0, 0.05) is 18.2 Å². The summed E-state index contributed by atoms with van der Waals surface area (Å²) in [5, 5.41) is 12.4. The number of nitrogens with one attached hydrogen (secondary N) is 2. The van der Waals surface area contributed by atoms with E-state index in [4.69, 9.17) is 10.1 Å². The Bertz CT molecular complexity index is 1620. The van der Waals surface area contributed by atoms with Gasteiger partial charge in [0.1, 0.15) is 5.82 Å². The van der Waals surface area contributed by atoms with Gasteiger partial charge in [0.15, 0.2) is 5.13 Å². The molecule has 182 valence electrons. The fraction of sp³-hybridized carbons (Fsp3) is 0.115. The zero-order valence-electron chi connectivity index (χ0n) is 19.5. The van der Waals surface area contributed by atoms with Gasteiger partial charge in [-0.1, -0.05) is 54.7 Å². The van der Waals surface area contributed by atoms with E-state index >= 15 is 0 Å². The molecule has 8 nitrogen and oxygen atoms in total. The maximum atomic E-state index is 11.6. The molecule has 36 heavy (non-hydrogen) atoms. The van der Waals surface area contributed by atoms with Gasteiger partial charge in [0.05, 0.1) is 20.8 Å². The number of thiazole rings is 1. The van der Waals surface area contributed by atoms with Crippen LogP contribution in [0.3, 0.4) is 0 Å². The molecule has 0 radical (unpaired) electrons. The molecule has 0 bridgehead atoms. The van der Waals surface area contributed by atoms with Gasteiger partial charge in [-0.2, -0.15) is 4.98 Å². The zero-order valence-corrected chi connectivity index (χ0v) is 21.1. The van der Waals surface area contributed by atoms with Gasteiger partial charge >= 0.3 is 0 Å². The minimum Gasteiger partial charge on any atom is -0.324 e. The SMILES string of the molecule is CCc1ccc2nc(Nc3cc(Cc4ccccc4)nc(Nc4ccc(S(N)(=O)=O)cc4)n3)sc2c1. The van der Waals surface area contributed by atoms with E-state index < -0.39 is 10.0 Å². The lowest BCUT2D eigenvalue weighted by molar-refractivity contribution is 0.598. The van der Waals surface area contributed by atoms with E-state index in [0.717, 1.165) is 33.0 Å². The van der Waals surface area contributed by atoms with Crippen LogP contribution in [0.5, 0.6) is 0 Å². The van der Waals surface area contributed by atoms with Crippen LogP contribution in [0.2, 0.25) is 0 Å². The molecular formula is C26H24N6O2S2. The van der Waals surface area contributed by atoms with Gasteiger partial charge in [-0.25, -0.2) is 23.5 Å². The Labute approximate surface area is 213 Å². The summed E-state index contributed by atoms with van der Waals surface area (Å²) in [4.78, 5) is 14.1. The lowest BCUT2D eigenvalue weighted by Crippen LogP contribution is -2.11. The Balaban J connectivity index is 1.46. The van der Waals surface area contributed by atoms with Gasteiger partial charge in [-0.3, -0.25) is 0 Å². The molecule has 10 heteroatoms. The topological polar surface area (TPSA) is 123 Å². The van der Waals surface area contributed by atoms with E-state index in [1.54, 1.807) is 23.5 Å². The second kappa shape index (κ2) is 10.0. The zero-order chi connectivity index (χ0) is 25.1. The first-order valence-corrected chi connectivity index (χ1v) is 13.7. The molecule has 2 aromatic heterocycles. The lowest BCUT2D eigenvalue weighted by atomic mass is 10.1. The molecule has 2 heterocycles. The summed E-state index contributed by atoms with van der Waals surface area (Å²) >= 11 is 1.57. The number of anilines is 4. The van der Waals surface area contributed by atoms with E-state index in [1.807, 2.05) is 42.5 Å². The number of rotatable bonds is 8. The van der Waals surface area contributed by atoms with Crippen molar-refractivity contribution in [3.63, 3.8) is 0 Å². The Morgan fingerprint density at radius 3 is 2.36 bits per heavy atom. The fourth-order valence-corrected chi connectivity index (χ4v) is 5.17. The van der Waals surface area contributed by atoms with Gasteiger partial charge in [0.25, 0.3) is 0 Å². The van der Waals surface area contributed by atoms with Crippen LogP contribution < -0.4 is 15.8 Å². The number of benzene rings is 3. The van der Waals surface area contributed by atoms with Crippen molar-refractivity contribution in [3.8, 4) is 0 Å². The number of fused-ring (bicyclic) bond motifs is 1. The molecular weight excluding hydrogens is 492 g/mol. The standard InChI is InChI=1S/C26H24N6O2S2/c1-2-17-8-13-22-23(15-17)35-26(30-22)32-24-16-20(14-18-6-4-3-5-7-18)29-25(31-24)28-19-9-11-21(12-10-19)36(27,33)34/h3-13,15-16H,2,14H2,1H3,(H2,27,33,34)(H2,28,29,30,31,32). The predicted octanol–water partition coefficient (Wildman–Crippen LogP) is 5.37. The normalized spacial score (nSPS) is 11.5. The first-order chi connectivity index (χ1) is 17.4. The van der Waals surface area contributed by atoms with Crippen LogP contribution in [0.1, 0.15) is 23.7 Å². The Morgan fingerprint density at radius 1 is 0.861 bits per heavy atom. The summed E-state index contributed by atoms with van der Waals surface area (Å²) in [7, 11) is -3.77. The molecule has 0 atom stereocenters. The molecule has 0 amide bonds. The average molecular weight is 517 g/mol. The Morgan fingerprint density at radius 2 is 1.64 bits per heavy atom. The summed E-state index contributed by atoms with van der Waals surface area (Å²) in [6.07, 6.45) is 1.59. The second-order valence-corrected chi connectivity index (χ2v) is 10.8. The minimum atomic E-state index is -3.77. The van der Waals surface area contributed by atoms with Crippen LogP contribution in [0, 0.1) is 0 Å². The fourth-order valence-electron chi connectivity index (χ4n) is 3.72. The summed E-state index contributed by atoms with van der Waals surface area (Å²) in [5.74, 6) is 0.984. The maximum absolute atomic E-state index is 11.6. The quantitative estimate of drug-likeness (QED) is 0.253. The third-order valence-corrected chi connectivity index (χ3v) is 7.41. The molecule has 0 spiro atoms. The van der Waals surface area contributed by atoms with E-state index in [1.165, 1.54) is 17.7 Å². The molecule has 0 aliphatic heterocycles. The van der Waals surface area contributed by atoms with Crippen LogP contribution in [0.15, 0.2) is 83.8 Å². The Kier molecular flexibility index (Phi) is 6.64. The van der Waals surface area contributed by atoms with Crippen LogP contribution in [0.4, 0.5) is 22.6 Å². The monoisotopic (exact) mass is 516 g/mol. The highest BCUT2D eigenvalue weighted by atomic mass is 32.2. The number of aryl methyl sites for hydroxylation is 1. The largest absolute Gasteiger partial charge is 0.324 e. The third kappa shape index (κ3) is 5.68. The Hall–Kier alpha value is -3.86. The molecule has 0 saturated heterocycles. The van der Waals surface area contributed by atoms with Gasteiger partial charge < -0.3 is 10.6 Å². The molecule has 3 aromatic carbocycles. The highest BCUT2D eigenvalue weighted by Crippen LogP contribution is 2.29. The number of hydrogen-bond acceptors (Lipinski definition) is 8. The van der Waals surface area contributed by atoms with Gasteiger partial charge in [-0.05, 0) is 53.9 Å². The molecule has 4 N–H and O–H groups in total. The van der Waals surface area contributed by atoms with Crippen molar-refractivity contribution in [1.29, 1.82) is 0 Å². The third-order valence-electron chi connectivity index (χ3n) is 5.54. The molecule has 0 aliphatic rings. The molecule has 5 rings (SSSR count). The van der Waals surface area contributed by atoms with Gasteiger partial charge in [0.2, 0.25) is 16.0 Å². The average Bonchev–Trinajstić information content (AvgIpc) is 3.25. The molecule has 5 aromatic rings. The van der Waals surface area contributed by atoms with Crippen molar-refractivity contribution in [1.82, 2.24) is 15.0 Å². The van der Waals surface area contributed by atoms with Crippen molar-refractivity contribution in [2.75, 3.05) is 10.6 Å². The number of nitrogens with zero attached hydrogens (tertiary/aromatic N) is 3. The molecule has 0 aliphatic carbocycles. The van der Waals surface area contributed by atoms with Crippen molar-refractivity contribution in [2.45, 2.75) is 24.7 Å². The van der Waals surface area contributed by atoms with Crippen molar-refractivity contribution >= 4 is 54.2 Å². The number of hydrogen-bond donors (Lipinski definition) is 3. The second-order valence-electron chi connectivity index (χ2n) is 8.22. The minimum absolute atomic E-state index is 0.0382. The van der Waals surface area contributed by atoms with Crippen LogP contribution in [-0.2, 0) is 22.9 Å². The number of nitrogens with two attached hydrogens (primary N) is 1.